The Bertz CT molecular complexity index is 763. The molecule has 2 aromatic heterocycles. The van der Waals surface area contributed by atoms with Gasteiger partial charge in [0, 0.05) is 7.11 Å². The SMILES string of the molecule is COC(C)[C@H]1O[C@@H](n2cnc3c(N)ncnc32)[C@@H]2OC(C)(C)O[C@@H]21. The molecule has 0 bridgehead atoms. The van der Waals surface area contributed by atoms with E-state index in [9.17, 15) is 0 Å². The molecule has 4 heterocycles. The van der Waals surface area contributed by atoms with E-state index in [2.05, 4.69) is 15.0 Å². The highest BCUT2D eigenvalue weighted by Gasteiger charge is 2.57. The Kier molecular flexibility index (Phi) is 3.50. The van der Waals surface area contributed by atoms with E-state index < -0.39 is 12.0 Å². The van der Waals surface area contributed by atoms with Gasteiger partial charge in [0.15, 0.2) is 23.5 Å². The number of imidazole rings is 1. The lowest BCUT2D eigenvalue weighted by molar-refractivity contribution is -0.207. The van der Waals surface area contributed by atoms with Crippen LogP contribution in [0, 0.1) is 0 Å². The van der Waals surface area contributed by atoms with E-state index in [0.29, 0.717) is 17.0 Å². The average Bonchev–Trinajstić information content (AvgIpc) is 3.18. The van der Waals surface area contributed by atoms with Gasteiger partial charge >= 0.3 is 0 Å². The molecule has 2 fully saturated rings. The highest BCUT2D eigenvalue weighted by Crippen LogP contribution is 2.44. The van der Waals surface area contributed by atoms with Gasteiger partial charge < -0.3 is 24.7 Å². The third-order valence-electron chi connectivity index (χ3n) is 4.56. The van der Waals surface area contributed by atoms with Crippen LogP contribution in [0.2, 0.25) is 0 Å². The Morgan fingerprint density at radius 3 is 2.75 bits per heavy atom. The molecular weight excluding hydrogens is 314 g/mol. The first-order chi connectivity index (χ1) is 11.4. The summed E-state index contributed by atoms with van der Waals surface area (Å²) in [5.74, 6) is -0.355. The highest BCUT2D eigenvalue weighted by molar-refractivity contribution is 5.81. The molecule has 1 unspecified atom stereocenters. The summed E-state index contributed by atoms with van der Waals surface area (Å²) < 4.78 is 25.6. The molecule has 2 aliphatic heterocycles. The molecular formula is C15H21N5O4. The fraction of sp³-hybridized carbons (Fsp3) is 0.667. The summed E-state index contributed by atoms with van der Waals surface area (Å²) in [5, 5.41) is 0. The number of aromatic nitrogens is 4. The van der Waals surface area contributed by atoms with Gasteiger partial charge in [0.2, 0.25) is 0 Å². The molecule has 2 saturated heterocycles. The van der Waals surface area contributed by atoms with Crippen LogP contribution < -0.4 is 5.73 Å². The Labute approximate surface area is 139 Å². The molecule has 0 spiro atoms. The molecule has 24 heavy (non-hydrogen) atoms. The van der Waals surface area contributed by atoms with Crippen molar-refractivity contribution in [1.29, 1.82) is 0 Å². The van der Waals surface area contributed by atoms with E-state index in [0.717, 1.165) is 0 Å². The minimum absolute atomic E-state index is 0.144. The first-order valence-corrected chi connectivity index (χ1v) is 7.88. The summed E-state index contributed by atoms with van der Waals surface area (Å²) in [5.41, 5.74) is 7.01. The largest absolute Gasteiger partial charge is 0.382 e. The van der Waals surface area contributed by atoms with E-state index in [1.54, 1.807) is 13.4 Å². The van der Waals surface area contributed by atoms with Crippen molar-refractivity contribution in [2.75, 3.05) is 12.8 Å². The van der Waals surface area contributed by atoms with Crippen molar-refractivity contribution < 1.29 is 18.9 Å². The Morgan fingerprint density at radius 1 is 1.25 bits per heavy atom. The van der Waals surface area contributed by atoms with Crippen molar-refractivity contribution >= 4 is 17.0 Å². The van der Waals surface area contributed by atoms with Crippen molar-refractivity contribution in [3.63, 3.8) is 0 Å². The van der Waals surface area contributed by atoms with Gasteiger partial charge in [0.1, 0.15) is 30.2 Å². The zero-order valence-electron chi connectivity index (χ0n) is 14.0. The molecule has 4 rings (SSSR count). The second-order valence-corrected chi connectivity index (χ2v) is 6.58. The third kappa shape index (κ3) is 2.27. The first-order valence-electron chi connectivity index (χ1n) is 7.88. The summed E-state index contributed by atoms with van der Waals surface area (Å²) in [6.07, 6.45) is 1.68. The van der Waals surface area contributed by atoms with Gasteiger partial charge in [-0.2, -0.15) is 0 Å². The van der Waals surface area contributed by atoms with Gasteiger partial charge in [-0.15, -0.1) is 0 Å². The molecule has 0 aromatic carbocycles. The number of ether oxygens (including phenoxy) is 4. The molecule has 130 valence electrons. The van der Waals surface area contributed by atoms with E-state index in [-0.39, 0.29) is 24.4 Å². The Hall–Kier alpha value is -1.81. The number of anilines is 1. The average molecular weight is 335 g/mol. The van der Waals surface area contributed by atoms with Gasteiger partial charge in [-0.3, -0.25) is 4.57 Å². The Balaban J connectivity index is 1.75. The van der Waals surface area contributed by atoms with E-state index >= 15 is 0 Å². The van der Waals surface area contributed by atoms with Crippen LogP contribution in [0.4, 0.5) is 5.82 Å². The summed E-state index contributed by atoms with van der Waals surface area (Å²) in [4.78, 5) is 12.6. The smallest absolute Gasteiger partial charge is 0.167 e. The molecule has 2 aromatic rings. The normalized spacial score (nSPS) is 33.0. The molecule has 2 aliphatic rings. The fourth-order valence-corrected chi connectivity index (χ4v) is 3.40. The number of hydrogen-bond acceptors (Lipinski definition) is 8. The minimum Gasteiger partial charge on any atom is -0.382 e. The minimum atomic E-state index is -0.687. The van der Waals surface area contributed by atoms with E-state index in [1.165, 1.54) is 6.33 Å². The second kappa shape index (κ2) is 5.35. The maximum absolute atomic E-state index is 6.21. The van der Waals surface area contributed by atoms with Crippen molar-refractivity contribution in [3.8, 4) is 0 Å². The second-order valence-electron chi connectivity index (χ2n) is 6.58. The lowest BCUT2D eigenvalue weighted by Crippen LogP contribution is -2.38. The number of nitrogens with two attached hydrogens (primary N) is 1. The molecule has 0 radical (unpaired) electrons. The number of hydrogen-bond donors (Lipinski definition) is 1. The van der Waals surface area contributed by atoms with Crippen LogP contribution in [0.5, 0.6) is 0 Å². The van der Waals surface area contributed by atoms with Crippen LogP contribution in [0.15, 0.2) is 12.7 Å². The van der Waals surface area contributed by atoms with E-state index in [4.69, 9.17) is 24.7 Å². The number of nitrogen functional groups attached to an aromatic ring is 1. The maximum atomic E-state index is 6.21. The third-order valence-corrected chi connectivity index (χ3v) is 4.56. The topological polar surface area (TPSA) is 107 Å². The summed E-state index contributed by atoms with van der Waals surface area (Å²) in [6, 6.07) is 0. The van der Waals surface area contributed by atoms with Gasteiger partial charge in [-0.25, -0.2) is 15.0 Å². The molecule has 0 amide bonds. The first kappa shape index (κ1) is 15.7. The quantitative estimate of drug-likeness (QED) is 0.880. The number of methoxy groups -OCH3 is 1. The van der Waals surface area contributed by atoms with Crippen molar-refractivity contribution in [2.45, 2.75) is 57.2 Å². The van der Waals surface area contributed by atoms with Crippen LogP contribution in [0.25, 0.3) is 11.2 Å². The molecule has 9 heteroatoms. The van der Waals surface area contributed by atoms with Crippen LogP contribution in [-0.4, -0.2) is 56.8 Å². The van der Waals surface area contributed by atoms with E-state index in [1.807, 2.05) is 25.3 Å². The van der Waals surface area contributed by atoms with Gasteiger partial charge in [-0.05, 0) is 20.8 Å². The lowest BCUT2D eigenvalue weighted by Gasteiger charge is -2.26. The van der Waals surface area contributed by atoms with Crippen LogP contribution in [0.1, 0.15) is 27.0 Å². The lowest BCUT2D eigenvalue weighted by atomic mass is 10.1. The summed E-state index contributed by atoms with van der Waals surface area (Å²) in [7, 11) is 1.65. The van der Waals surface area contributed by atoms with Gasteiger partial charge in [0.05, 0.1) is 12.4 Å². The number of rotatable bonds is 3. The summed E-state index contributed by atoms with van der Waals surface area (Å²) in [6.45, 7) is 5.73. The predicted octanol–water partition coefficient (Wildman–Crippen LogP) is 0.861. The van der Waals surface area contributed by atoms with Gasteiger partial charge in [0.25, 0.3) is 0 Å². The number of fused-ring (bicyclic) bond motifs is 2. The van der Waals surface area contributed by atoms with Crippen molar-refractivity contribution in [2.24, 2.45) is 0 Å². The predicted molar refractivity (Wildman–Crippen MR) is 83.9 cm³/mol. The van der Waals surface area contributed by atoms with Crippen LogP contribution in [0.3, 0.4) is 0 Å². The standard InChI is InChI=1S/C15H21N5O4/c1-7(21-4)9-10-11(24-15(2,3)23-10)14(22-9)20-6-19-8-12(16)17-5-18-13(8)20/h5-7,9-11,14H,1-4H3,(H2,16,17,18)/t7?,9-,10-,11-,14-/m1/s1. The zero-order valence-corrected chi connectivity index (χ0v) is 14.0. The number of nitrogens with zero attached hydrogens (tertiary/aromatic N) is 4. The fourth-order valence-electron chi connectivity index (χ4n) is 3.40. The van der Waals surface area contributed by atoms with Crippen molar-refractivity contribution in [1.82, 2.24) is 19.5 Å². The van der Waals surface area contributed by atoms with Gasteiger partial charge in [-0.1, -0.05) is 0 Å². The monoisotopic (exact) mass is 335 g/mol. The molecule has 5 atom stereocenters. The van der Waals surface area contributed by atoms with Crippen LogP contribution >= 0.6 is 0 Å². The summed E-state index contributed by atoms with van der Waals surface area (Å²) >= 11 is 0. The maximum Gasteiger partial charge on any atom is 0.167 e. The van der Waals surface area contributed by atoms with Crippen molar-refractivity contribution in [3.05, 3.63) is 12.7 Å². The highest BCUT2D eigenvalue weighted by atomic mass is 16.8. The molecule has 0 aliphatic carbocycles. The zero-order chi connectivity index (χ0) is 17.1. The Morgan fingerprint density at radius 2 is 2.00 bits per heavy atom. The molecule has 2 N–H and O–H groups in total. The van der Waals surface area contributed by atoms with Crippen LogP contribution in [-0.2, 0) is 18.9 Å². The molecule has 0 saturated carbocycles. The molecule has 9 nitrogen and oxygen atoms in total.